The zero-order valence-corrected chi connectivity index (χ0v) is 25.4. The number of fused-ring (bicyclic) bond motifs is 1. The molecule has 0 radical (unpaired) electrons. The lowest BCUT2D eigenvalue weighted by Gasteiger charge is -2.18. The van der Waals surface area contributed by atoms with E-state index in [1.807, 2.05) is 72.8 Å². The van der Waals surface area contributed by atoms with Crippen molar-refractivity contribution in [1.29, 1.82) is 0 Å². The summed E-state index contributed by atoms with van der Waals surface area (Å²) >= 11 is 0. The largest absolute Gasteiger partial charge is 0.506 e. The number of rotatable bonds is 12. The number of carbonyl (C=O) groups excluding carboxylic acids is 1. The summed E-state index contributed by atoms with van der Waals surface area (Å²) in [5.41, 5.74) is 5.44. The van der Waals surface area contributed by atoms with E-state index in [4.69, 9.17) is 0 Å². The van der Waals surface area contributed by atoms with Crippen LogP contribution in [-0.4, -0.2) is 45.9 Å². The smallest absolute Gasteiger partial charge is 0.409 e. The molecule has 10 nitrogen and oxygen atoms in total. The van der Waals surface area contributed by atoms with Crippen LogP contribution in [0.1, 0.15) is 35.6 Å². The minimum Gasteiger partial charge on any atom is -0.506 e. The van der Waals surface area contributed by atoms with Crippen LogP contribution in [0.2, 0.25) is 0 Å². The first-order valence-electron chi connectivity index (χ1n) is 15.0. The van der Waals surface area contributed by atoms with Gasteiger partial charge in [0.2, 0.25) is 11.5 Å². The van der Waals surface area contributed by atoms with Gasteiger partial charge in [0.05, 0.1) is 17.3 Å². The Morgan fingerprint density at radius 2 is 1.65 bits per heavy atom. The van der Waals surface area contributed by atoms with E-state index in [2.05, 4.69) is 15.6 Å². The van der Waals surface area contributed by atoms with Crippen LogP contribution in [0, 0.1) is 0 Å². The molecule has 0 aliphatic heterocycles. The Labute approximate surface area is 266 Å². The van der Waals surface area contributed by atoms with Gasteiger partial charge in [0, 0.05) is 49.3 Å². The molecule has 236 valence electrons. The normalized spacial score (nSPS) is 11.7. The molecule has 0 saturated carbocycles. The van der Waals surface area contributed by atoms with Gasteiger partial charge in [0.1, 0.15) is 5.75 Å². The number of pyridine rings is 1. The number of aromatic amines is 1. The number of hydrogen-bond donors (Lipinski definition) is 6. The number of carboxylic acid groups (broad SMARTS) is 1. The Bertz CT molecular complexity index is 1890. The highest BCUT2D eigenvalue weighted by molar-refractivity contribution is 5.93. The fourth-order valence-electron chi connectivity index (χ4n) is 5.44. The molecule has 0 saturated heterocycles. The van der Waals surface area contributed by atoms with Crippen molar-refractivity contribution in [3.8, 4) is 16.9 Å². The Morgan fingerprint density at radius 3 is 2.39 bits per heavy atom. The Kier molecular flexibility index (Phi) is 10.1. The van der Waals surface area contributed by atoms with Crippen molar-refractivity contribution < 1.29 is 24.9 Å². The van der Waals surface area contributed by atoms with Gasteiger partial charge in [-0.1, -0.05) is 60.7 Å². The molecule has 2 amide bonds. The van der Waals surface area contributed by atoms with Crippen molar-refractivity contribution in [2.75, 3.05) is 23.8 Å². The fraction of sp³-hybridized carbons (Fsp3) is 0.194. The molecule has 1 atom stereocenters. The summed E-state index contributed by atoms with van der Waals surface area (Å²) in [5, 5.41) is 36.5. The monoisotopic (exact) mass is 620 g/mol. The van der Waals surface area contributed by atoms with Gasteiger partial charge in [-0.3, -0.25) is 14.9 Å². The number of amides is 2. The van der Waals surface area contributed by atoms with Crippen LogP contribution in [0.5, 0.6) is 5.75 Å². The lowest BCUT2D eigenvalue weighted by molar-refractivity contribution is -0.118. The number of nitrogens with one attached hydrogen (secondary N) is 3. The average Bonchev–Trinajstić information content (AvgIpc) is 3.05. The van der Waals surface area contributed by atoms with Crippen LogP contribution >= 0.6 is 0 Å². The van der Waals surface area contributed by atoms with E-state index in [0.717, 1.165) is 27.9 Å². The predicted molar refractivity (Wildman–Crippen MR) is 179 cm³/mol. The standard InChI is InChI=1S/C36H36N4O6/c1-40(34(44)9-5-6-23-12-15-27(25-7-3-2-4-8-25)30(20-23)38-36(45)46)26-13-10-24(11-14-26)21-37-22-32(42)28-16-18-31(41)35-29(28)17-19-33(43)39-35/h2-4,7-8,10-20,32,37-38,41-42H,5-6,9,21-22H2,1H3,(H,39,43)(H,45,46)/t32-/m0/s1. The molecule has 0 spiro atoms. The highest BCUT2D eigenvalue weighted by Gasteiger charge is 2.15. The summed E-state index contributed by atoms with van der Waals surface area (Å²) in [6.07, 6.45) is -0.430. The van der Waals surface area contributed by atoms with Crippen LogP contribution in [0.4, 0.5) is 16.2 Å². The van der Waals surface area contributed by atoms with Crippen molar-refractivity contribution in [2.24, 2.45) is 0 Å². The number of aryl methyl sites for hydroxylation is 1. The third-order valence-electron chi connectivity index (χ3n) is 7.90. The minimum absolute atomic E-state index is 0.0266. The summed E-state index contributed by atoms with van der Waals surface area (Å²) in [6, 6.07) is 28.9. The van der Waals surface area contributed by atoms with E-state index in [0.29, 0.717) is 42.4 Å². The molecular formula is C36H36N4O6. The SMILES string of the molecule is CN(C(=O)CCCc1ccc(-c2ccccc2)c(NC(=O)O)c1)c1ccc(CNC[C@H](O)c2ccc(O)c3[nH]c(=O)ccc23)cc1. The lowest BCUT2D eigenvalue weighted by Crippen LogP contribution is -2.26. The zero-order valence-electron chi connectivity index (χ0n) is 25.4. The first kappa shape index (κ1) is 32.0. The van der Waals surface area contributed by atoms with E-state index >= 15 is 0 Å². The average molecular weight is 621 g/mol. The highest BCUT2D eigenvalue weighted by Crippen LogP contribution is 2.30. The van der Waals surface area contributed by atoms with E-state index < -0.39 is 12.2 Å². The summed E-state index contributed by atoms with van der Waals surface area (Å²) in [4.78, 5) is 40.2. The summed E-state index contributed by atoms with van der Waals surface area (Å²) < 4.78 is 0. The molecule has 1 heterocycles. The van der Waals surface area contributed by atoms with Crippen LogP contribution in [-0.2, 0) is 17.8 Å². The Morgan fingerprint density at radius 1 is 0.913 bits per heavy atom. The quantitative estimate of drug-likeness (QED) is 0.103. The summed E-state index contributed by atoms with van der Waals surface area (Å²) in [5.74, 6) is -0.0839. The number of anilines is 2. The molecular weight excluding hydrogens is 584 g/mol. The van der Waals surface area contributed by atoms with Gasteiger partial charge in [-0.2, -0.15) is 0 Å². The van der Waals surface area contributed by atoms with E-state index in [9.17, 15) is 29.7 Å². The number of phenols is 1. The molecule has 46 heavy (non-hydrogen) atoms. The number of phenolic OH excluding ortho intramolecular Hbond substituents is 1. The second-order valence-electron chi connectivity index (χ2n) is 11.1. The van der Waals surface area contributed by atoms with Gasteiger partial charge in [-0.25, -0.2) is 4.79 Å². The lowest BCUT2D eigenvalue weighted by atomic mass is 9.99. The van der Waals surface area contributed by atoms with Crippen LogP contribution < -0.4 is 21.1 Å². The number of aliphatic hydroxyl groups excluding tert-OH is 1. The van der Waals surface area contributed by atoms with Gasteiger partial charge < -0.3 is 30.5 Å². The number of benzene rings is 4. The maximum Gasteiger partial charge on any atom is 0.409 e. The van der Waals surface area contributed by atoms with E-state index in [1.165, 1.54) is 12.1 Å². The Balaban J connectivity index is 1.11. The number of carbonyl (C=O) groups is 2. The first-order chi connectivity index (χ1) is 22.2. The van der Waals surface area contributed by atoms with Crippen LogP contribution in [0.25, 0.3) is 22.0 Å². The summed E-state index contributed by atoms with van der Waals surface area (Å²) in [6.45, 7) is 0.742. The number of aromatic nitrogens is 1. The van der Waals surface area contributed by atoms with Gasteiger partial charge in [0.25, 0.3) is 0 Å². The number of H-pyrrole nitrogens is 1. The first-order valence-corrected chi connectivity index (χ1v) is 15.0. The van der Waals surface area contributed by atoms with E-state index in [-0.39, 0.29) is 29.3 Å². The minimum atomic E-state index is -1.13. The molecule has 1 aromatic heterocycles. The molecule has 5 aromatic rings. The maximum atomic E-state index is 12.9. The fourth-order valence-corrected chi connectivity index (χ4v) is 5.44. The molecule has 4 aromatic carbocycles. The molecule has 0 fully saturated rings. The molecule has 6 N–H and O–H groups in total. The van der Waals surface area contributed by atoms with Gasteiger partial charge in [-0.15, -0.1) is 0 Å². The second-order valence-corrected chi connectivity index (χ2v) is 11.1. The van der Waals surface area contributed by atoms with Crippen molar-refractivity contribution in [2.45, 2.75) is 31.9 Å². The molecule has 10 heteroatoms. The molecule has 0 unspecified atom stereocenters. The van der Waals surface area contributed by atoms with Gasteiger partial charge >= 0.3 is 6.09 Å². The van der Waals surface area contributed by atoms with Gasteiger partial charge in [-0.05, 0) is 65.4 Å². The van der Waals surface area contributed by atoms with Crippen molar-refractivity contribution in [3.05, 3.63) is 124 Å². The molecule has 0 bridgehead atoms. The second kappa shape index (κ2) is 14.6. The van der Waals surface area contributed by atoms with Crippen LogP contribution in [0.3, 0.4) is 0 Å². The zero-order chi connectivity index (χ0) is 32.6. The summed E-state index contributed by atoms with van der Waals surface area (Å²) in [7, 11) is 1.74. The number of aliphatic hydroxyl groups is 1. The Hall–Kier alpha value is -5.45. The van der Waals surface area contributed by atoms with E-state index in [1.54, 1.807) is 24.1 Å². The molecule has 5 rings (SSSR count). The van der Waals surface area contributed by atoms with Crippen LogP contribution in [0.15, 0.2) is 102 Å². The van der Waals surface area contributed by atoms with Crippen molar-refractivity contribution in [1.82, 2.24) is 10.3 Å². The maximum absolute atomic E-state index is 12.9. The number of nitrogens with zero attached hydrogens (tertiary/aromatic N) is 1. The van der Waals surface area contributed by atoms with Crippen molar-refractivity contribution in [3.63, 3.8) is 0 Å². The third kappa shape index (κ3) is 7.79. The molecule has 0 aliphatic rings. The predicted octanol–water partition coefficient (Wildman–Crippen LogP) is 5.80. The van der Waals surface area contributed by atoms with Gasteiger partial charge in [0.15, 0.2) is 0 Å². The number of aromatic hydroxyl groups is 1. The topological polar surface area (TPSA) is 155 Å². The highest BCUT2D eigenvalue weighted by atomic mass is 16.4. The van der Waals surface area contributed by atoms with Crippen molar-refractivity contribution >= 4 is 34.3 Å². The molecule has 0 aliphatic carbocycles. The third-order valence-corrected chi connectivity index (χ3v) is 7.90. The number of hydrogen-bond acceptors (Lipinski definition) is 6.